The van der Waals surface area contributed by atoms with E-state index in [0.29, 0.717) is 5.92 Å². The minimum Gasteiger partial charge on any atom is -0.396 e. The maximum atomic E-state index is 9.14. The molecule has 4 heteroatoms. The van der Waals surface area contributed by atoms with Gasteiger partial charge in [-0.05, 0) is 25.3 Å². The van der Waals surface area contributed by atoms with Gasteiger partial charge in [0.05, 0.1) is 6.04 Å². The quantitative estimate of drug-likeness (QED) is 0.815. The monoisotopic (exact) mass is 299 g/mol. The summed E-state index contributed by atoms with van der Waals surface area (Å²) >= 11 is 0. The van der Waals surface area contributed by atoms with Gasteiger partial charge in [-0.25, -0.2) is 9.97 Å². The number of rotatable bonds is 7. The molecule has 0 saturated carbocycles. The van der Waals surface area contributed by atoms with E-state index in [0.717, 1.165) is 30.2 Å². The lowest BCUT2D eigenvalue weighted by Gasteiger charge is -2.20. The van der Waals surface area contributed by atoms with Crippen molar-refractivity contribution in [2.45, 2.75) is 45.6 Å². The Labute approximate surface area is 132 Å². The molecule has 2 aromatic rings. The van der Waals surface area contributed by atoms with E-state index in [1.165, 1.54) is 5.56 Å². The average molecular weight is 299 g/mol. The van der Waals surface area contributed by atoms with Crippen LogP contribution in [0.5, 0.6) is 0 Å². The summed E-state index contributed by atoms with van der Waals surface area (Å²) in [5.41, 5.74) is 2.17. The summed E-state index contributed by atoms with van der Waals surface area (Å²) in [7, 11) is 0. The van der Waals surface area contributed by atoms with Gasteiger partial charge >= 0.3 is 0 Å². The van der Waals surface area contributed by atoms with Crippen LogP contribution in [0.4, 0.5) is 5.82 Å². The Kier molecular flexibility index (Phi) is 5.90. The molecule has 2 rings (SSSR count). The molecule has 0 aliphatic rings. The summed E-state index contributed by atoms with van der Waals surface area (Å²) in [6.45, 7) is 6.38. The maximum absolute atomic E-state index is 9.14. The zero-order valence-corrected chi connectivity index (χ0v) is 13.6. The Morgan fingerprint density at radius 3 is 2.50 bits per heavy atom. The van der Waals surface area contributed by atoms with Gasteiger partial charge in [-0.15, -0.1) is 0 Å². The highest BCUT2D eigenvalue weighted by atomic mass is 16.2. The molecule has 0 radical (unpaired) electrons. The number of aliphatic hydroxyl groups is 1. The number of nitrogens with zero attached hydrogens (tertiary/aromatic N) is 2. The number of hydrogen-bond acceptors (Lipinski definition) is 4. The second-order valence-electron chi connectivity index (χ2n) is 5.88. The Morgan fingerprint density at radius 1 is 1.14 bits per heavy atom. The van der Waals surface area contributed by atoms with Crippen molar-refractivity contribution in [1.82, 2.24) is 9.97 Å². The molecule has 0 bridgehead atoms. The molecule has 1 heterocycles. The third-order valence-electron chi connectivity index (χ3n) is 3.56. The molecule has 0 fully saturated rings. The number of hydrogen-bond donors (Lipinski definition) is 2. The average Bonchev–Trinajstić information content (AvgIpc) is 2.51. The van der Waals surface area contributed by atoms with Gasteiger partial charge in [-0.2, -0.15) is 0 Å². The molecule has 118 valence electrons. The topological polar surface area (TPSA) is 58.0 Å². The molecule has 0 spiro atoms. The molecule has 0 aliphatic heterocycles. The predicted octanol–water partition coefficient (Wildman–Crippen LogP) is 3.83. The molecule has 1 unspecified atom stereocenters. The fraction of sp³-hybridized carbons (Fsp3) is 0.444. The molecule has 1 atom stereocenters. The highest BCUT2D eigenvalue weighted by Crippen LogP contribution is 2.24. The summed E-state index contributed by atoms with van der Waals surface area (Å²) in [4.78, 5) is 9.11. The molecule has 1 aromatic carbocycles. The highest BCUT2D eigenvalue weighted by molar-refractivity contribution is 5.40. The summed E-state index contributed by atoms with van der Waals surface area (Å²) in [5, 5.41) is 12.6. The summed E-state index contributed by atoms with van der Waals surface area (Å²) in [6.07, 6.45) is 1.62. The van der Waals surface area contributed by atoms with E-state index in [4.69, 9.17) is 5.11 Å². The van der Waals surface area contributed by atoms with Crippen LogP contribution in [0.2, 0.25) is 0 Å². The van der Waals surface area contributed by atoms with Gasteiger partial charge in [-0.3, -0.25) is 0 Å². The predicted molar refractivity (Wildman–Crippen MR) is 90.0 cm³/mol. The van der Waals surface area contributed by atoms with E-state index in [2.05, 4.69) is 41.3 Å². The Morgan fingerprint density at radius 2 is 1.86 bits per heavy atom. The molecule has 2 N–H and O–H groups in total. The van der Waals surface area contributed by atoms with Crippen LogP contribution in [-0.4, -0.2) is 21.7 Å². The number of aryl methyl sites for hydroxylation is 1. The SMILES string of the molecule is Cc1cc(NC(CCCO)c2ccccc2)nc(C(C)C)n1. The van der Waals surface area contributed by atoms with Crippen molar-refractivity contribution >= 4 is 5.82 Å². The number of benzene rings is 1. The lowest BCUT2D eigenvalue weighted by molar-refractivity contribution is 0.281. The molecule has 0 saturated heterocycles. The molecule has 4 nitrogen and oxygen atoms in total. The first-order valence-electron chi connectivity index (χ1n) is 7.88. The minimum atomic E-state index is 0.141. The fourth-order valence-electron chi connectivity index (χ4n) is 2.41. The van der Waals surface area contributed by atoms with Gasteiger partial charge < -0.3 is 10.4 Å². The highest BCUT2D eigenvalue weighted by Gasteiger charge is 2.13. The number of nitrogens with one attached hydrogen (secondary N) is 1. The van der Waals surface area contributed by atoms with Crippen LogP contribution < -0.4 is 5.32 Å². The van der Waals surface area contributed by atoms with E-state index in [9.17, 15) is 0 Å². The zero-order chi connectivity index (χ0) is 15.9. The van der Waals surface area contributed by atoms with Crippen molar-refractivity contribution in [2.75, 3.05) is 11.9 Å². The second-order valence-corrected chi connectivity index (χ2v) is 5.88. The van der Waals surface area contributed by atoms with Gasteiger partial charge in [0.2, 0.25) is 0 Å². The Balaban J connectivity index is 2.23. The van der Waals surface area contributed by atoms with Crippen LogP contribution in [0.3, 0.4) is 0 Å². The first-order chi connectivity index (χ1) is 10.6. The number of aromatic nitrogens is 2. The van der Waals surface area contributed by atoms with Gasteiger partial charge in [0.25, 0.3) is 0 Å². The van der Waals surface area contributed by atoms with Gasteiger partial charge in [-0.1, -0.05) is 44.2 Å². The number of anilines is 1. The molecular weight excluding hydrogens is 274 g/mol. The van der Waals surface area contributed by atoms with Crippen molar-refractivity contribution in [1.29, 1.82) is 0 Å². The van der Waals surface area contributed by atoms with Crippen LogP contribution in [0.25, 0.3) is 0 Å². The van der Waals surface area contributed by atoms with Gasteiger partial charge in [0.15, 0.2) is 0 Å². The summed E-state index contributed by atoms with van der Waals surface area (Å²) < 4.78 is 0. The molecular formula is C18H25N3O. The van der Waals surface area contributed by atoms with Crippen molar-refractivity contribution < 1.29 is 5.11 Å². The van der Waals surface area contributed by atoms with Crippen molar-refractivity contribution in [3.8, 4) is 0 Å². The summed E-state index contributed by atoms with van der Waals surface area (Å²) in [6, 6.07) is 12.4. The number of aliphatic hydroxyl groups excluding tert-OH is 1. The van der Waals surface area contributed by atoms with E-state index in [1.807, 2.05) is 31.2 Å². The third-order valence-corrected chi connectivity index (χ3v) is 3.56. The zero-order valence-electron chi connectivity index (χ0n) is 13.6. The van der Waals surface area contributed by atoms with E-state index < -0.39 is 0 Å². The summed E-state index contributed by atoms with van der Waals surface area (Å²) in [5.74, 6) is 2.01. The first kappa shape index (κ1) is 16.4. The Hall–Kier alpha value is -1.94. The maximum Gasteiger partial charge on any atom is 0.133 e. The Bertz CT molecular complexity index is 584. The normalized spacial score (nSPS) is 12.4. The van der Waals surface area contributed by atoms with Crippen LogP contribution >= 0.6 is 0 Å². The van der Waals surface area contributed by atoms with E-state index >= 15 is 0 Å². The van der Waals surface area contributed by atoms with E-state index in [1.54, 1.807) is 0 Å². The van der Waals surface area contributed by atoms with Crippen molar-refractivity contribution in [2.24, 2.45) is 0 Å². The molecule has 22 heavy (non-hydrogen) atoms. The lowest BCUT2D eigenvalue weighted by Crippen LogP contribution is -2.14. The van der Waals surface area contributed by atoms with Crippen LogP contribution in [0, 0.1) is 6.92 Å². The molecule has 0 amide bonds. The van der Waals surface area contributed by atoms with Crippen molar-refractivity contribution in [3.05, 3.63) is 53.5 Å². The van der Waals surface area contributed by atoms with Crippen LogP contribution in [0.15, 0.2) is 36.4 Å². The molecule has 0 aliphatic carbocycles. The largest absolute Gasteiger partial charge is 0.396 e. The van der Waals surface area contributed by atoms with Gasteiger partial charge in [0, 0.05) is 24.3 Å². The standard InChI is InChI=1S/C18H25N3O/c1-13(2)18-19-14(3)12-17(21-18)20-16(10-7-11-22)15-8-5-4-6-9-15/h4-6,8-9,12-13,16,22H,7,10-11H2,1-3H3,(H,19,20,21). The van der Waals surface area contributed by atoms with E-state index in [-0.39, 0.29) is 12.6 Å². The van der Waals surface area contributed by atoms with Crippen LogP contribution in [-0.2, 0) is 0 Å². The van der Waals surface area contributed by atoms with Gasteiger partial charge in [0.1, 0.15) is 11.6 Å². The minimum absolute atomic E-state index is 0.141. The third kappa shape index (κ3) is 4.53. The second kappa shape index (κ2) is 7.90. The molecule has 1 aromatic heterocycles. The van der Waals surface area contributed by atoms with Crippen molar-refractivity contribution in [3.63, 3.8) is 0 Å². The lowest BCUT2D eigenvalue weighted by atomic mass is 10.0. The first-order valence-corrected chi connectivity index (χ1v) is 7.88. The fourth-order valence-corrected chi connectivity index (χ4v) is 2.41. The smallest absolute Gasteiger partial charge is 0.133 e. The van der Waals surface area contributed by atoms with Crippen LogP contribution in [0.1, 0.15) is 55.7 Å².